The Hall–Kier alpha value is -1.58. The van der Waals surface area contributed by atoms with Crippen molar-refractivity contribution in [3.05, 3.63) is 53.1 Å². The summed E-state index contributed by atoms with van der Waals surface area (Å²) in [6, 6.07) is 8.48. The molecule has 1 heterocycles. The Morgan fingerprint density at radius 1 is 1.19 bits per heavy atom. The SMILES string of the molecule is Cc1cc2ncnc(Nc3ccc(F)c(Cl)c3)c2c[c]1[Ru]. The van der Waals surface area contributed by atoms with Gasteiger partial charge in [-0.1, -0.05) is 0 Å². The van der Waals surface area contributed by atoms with E-state index >= 15 is 0 Å². The van der Waals surface area contributed by atoms with Gasteiger partial charge in [0, 0.05) is 0 Å². The third-order valence-corrected chi connectivity index (χ3v) is 4.31. The number of hydrogen-bond donors (Lipinski definition) is 1. The van der Waals surface area contributed by atoms with Crippen LogP contribution in [0.2, 0.25) is 5.02 Å². The van der Waals surface area contributed by atoms with Gasteiger partial charge < -0.3 is 0 Å². The van der Waals surface area contributed by atoms with E-state index in [0.717, 1.165) is 20.6 Å². The van der Waals surface area contributed by atoms with Crippen LogP contribution in [0.5, 0.6) is 0 Å². The van der Waals surface area contributed by atoms with Crippen molar-refractivity contribution < 1.29 is 22.7 Å². The Kier molecular flexibility index (Phi) is 3.87. The van der Waals surface area contributed by atoms with Crippen molar-refractivity contribution in [2.75, 3.05) is 5.32 Å². The van der Waals surface area contributed by atoms with Gasteiger partial charge in [-0.3, -0.25) is 0 Å². The Morgan fingerprint density at radius 2 is 2.00 bits per heavy atom. The molecular formula is C15H10ClFN3Ru. The van der Waals surface area contributed by atoms with Gasteiger partial charge in [-0.05, 0) is 0 Å². The number of nitrogens with one attached hydrogen (secondary N) is 1. The second-order valence-corrected chi connectivity index (χ2v) is 5.93. The zero-order valence-corrected chi connectivity index (χ0v) is 13.5. The topological polar surface area (TPSA) is 37.8 Å². The maximum atomic E-state index is 13.2. The average molecular weight is 388 g/mol. The number of anilines is 2. The number of rotatable bonds is 2. The third kappa shape index (κ3) is 2.90. The number of hydrogen-bond acceptors (Lipinski definition) is 3. The summed E-state index contributed by atoms with van der Waals surface area (Å²) in [6.45, 7) is 2.03. The van der Waals surface area contributed by atoms with Gasteiger partial charge in [0.25, 0.3) is 0 Å². The molecule has 3 nitrogen and oxygen atoms in total. The van der Waals surface area contributed by atoms with Crippen LogP contribution in [0.3, 0.4) is 0 Å². The third-order valence-electron chi connectivity index (χ3n) is 3.08. The zero-order chi connectivity index (χ0) is 15.0. The van der Waals surface area contributed by atoms with Crippen LogP contribution in [-0.4, -0.2) is 9.97 Å². The van der Waals surface area contributed by atoms with E-state index in [1.165, 1.54) is 18.5 Å². The van der Waals surface area contributed by atoms with E-state index in [1.54, 1.807) is 6.07 Å². The number of aryl methyl sites for hydroxylation is 1. The van der Waals surface area contributed by atoms with E-state index < -0.39 is 5.82 Å². The van der Waals surface area contributed by atoms with E-state index in [9.17, 15) is 4.39 Å². The summed E-state index contributed by atoms with van der Waals surface area (Å²) < 4.78 is 14.3. The molecule has 1 N–H and O–H groups in total. The van der Waals surface area contributed by atoms with E-state index in [4.69, 9.17) is 11.6 Å². The molecule has 0 aliphatic heterocycles. The summed E-state index contributed by atoms with van der Waals surface area (Å²) in [4.78, 5) is 8.53. The molecule has 0 atom stereocenters. The van der Waals surface area contributed by atoms with E-state index in [-0.39, 0.29) is 5.02 Å². The molecule has 21 heavy (non-hydrogen) atoms. The molecule has 2 aromatic carbocycles. The molecule has 1 aromatic heterocycles. The zero-order valence-electron chi connectivity index (χ0n) is 11.0. The normalized spacial score (nSPS) is 10.9. The van der Waals surface area contributed by atoms with Crippen molar-refractivity contribution in [1.29, 1.82) is 0 Å². The van der Waals surface area contributed by atoms with Gasteiger partial charge in [0.2, 0.25) is 0 Å². The van der Waals surface area contributed by atoms with Crippen molar-refractivity contribution in [3.8, 4) is 0 Å². The molecule has 0 fully saturated rings. The van der Waals surface area contributed by atoms with Gasteiger partial charge in [-0.2, -0.15) is 0 Å². The molecule has 0 spiro atoms. The van der Waals surface area contributed by atoms with Crippen molar-refractivity contribution >= 4 is 38.2 Å². The van der Waals surface area contributed by atoms with E-state index in [0.29, 0.717) is 11.5 Å². The predicted molar refractivity (Wildman–Crippen MR) is 78.6 cm³/mol. The molecule has 0 saturated heterocycles. The van der Waals surface area contributed by atoms with Crippen molar-refractivity contribution in [2.45, 2.75) is 6.92 Å². The molecule has 6 heteroatoms. The number of halogens is 2. The first-order chi connectivity index (χ1) is 10.0. The molecular weight excluding hydrogens is 378 g/mol. The van der Waals surface area contributed by atoms with Gasteiger partial charge in [0.05, 0.1) is 0 Å². The fourth-order valence-electron chi connectivity index (χ4n) is 1.99. The molecule has 0 aliphatic rings. The van der Waals surface area contributed by atoms with Crippen molar-refractivity contribution in [1.82, 2.24) is 9.97 Å². The van der Waals surface area contributed by atoms with Gasteiger partial charge in [0.1, 0.15) is 0 Å². The molecule has 0 amide bonds. The summed E-state index contributed by atoms with van der Waals surface area (Å²) in [6.07, 6.45) is 1.50. The average Bonchev–Trinajstić information content (AvgIpc) is 2.45. The standard InChI is InChI=1S/C15H10ClFN3.Ru/c1-9-2-4-11-14(6-9)18-8-19-15(11)20-10-3-5-13(17)12(16)7-10;/h3-8H,1H3,(H,18,19,20);. The first-order valence-corrected chi connectivity index (χ1v) is 7.41. The minimum absolute atomic E-state index is 0.0710. The van der Waals surface area contributed by atoms with E-state index in [2.05, 4.69) is 33.6 Å². The van der Waals surface area contributed by atoms with Crippen LogP contribution in [-0.2, 0) is 18.3 Å². The Labute approximate surface area is 136 Å². The summed E-state index contributed by atoms with van der Waals surface area (Å²) in [5.74, 6) is 0.215. The number of aromatic nitrogens is 2. The van der Waals surface area contributed by atoms with Gasteiger partial charge in [0.15, 0.2) is 0 Å². The van der Waals surface area contributed by atoms with Crippen LogP contribution in [0.15, 0.2) is 36.7 Å². The summed E-state index contributed by atoms with van der Waals surface area (Å²) in [5, 5.41) is 4.12. The molecule has 0 bridgehead atoms. The summed E-state index contributed by atoms with van der Waals surface area (Å²) in [7, 11) is 0. The van der Waals surface area contributed by atoms with Gasteiger partial charge in [-0.25, -0.2) is 0 Å². The van der Waals surface area contributed by atoms with Crippen molar-refractivity contribution in [2.24, 2.45) is 0 Å². The summed E-state index contributed by atoms with van der Waals surface area (Å²) in [5.41, 5.74) is 2.67. The molecule has 3 aromatic rings. The molecule has 0 aliphatic carbocycles. The number of fused-ring (bicyclic) bond motifs is 1. The Bertz CT molecular complexity index is 839. The second kappa shape index (κ2) is 5.66. The van der Waals surface area contributed by atoms with Crippen LogP contribution >= 0.6 is 11.6 Å². The first-order valence-electron chi connectivity index (χ1n) is 6.16. The van der Waals surface area contributed by atoms with Gasteiger partial charge >= 0.3 is 136 Å². The van der Waals surface area contributed by atoms with Gasteiger partial charge in [-0.15, -0.1) is 0 Å². The first kappa shape index (κ1) is 14.4. The number of nitrogens with zero attached hydrogens (tertiary/aromatic N) is 2. The van der Waals surface area contributed by atoms with Crippen LogP contribution < -0.4 is 9.47 Å². The van der Waals surface area contributed by atoms with Crippen molar-refractivity contribution in [3.63, 3.8) is 0 Å². The molecule has 107 valence electrons. The Morgan fingerprint density at radius 3 is 2.76 bits per heavy atom. The fraction of sp³-hybridized carbons (Fsp3) is 0.0667. The quantitative estimate of drug-likeness (QED) is 0.682. The Balaban J connectivity index is 2.07. The summed E-state index contributed by atoms with van der Waals surface area (Å²) >= 11 is 8.38. The monoisotopic (exact) mass is 388 g/mol. The molecule has 3 rings (SSSR count). The van der Waals surface area contributed by atoms with Crippen LogP contribution in [0.25, 0.3) is 10.9 Å². The minimum atomic E-state index is -0.446. The molecule has 0 saturated carbocycles. The maximum absolute atomic E-state index is 13.2. The van der Waals surface area contributed by atoms with Crippen LogP contribution in [0.4, 0.5) is 15.9 Å². The predicted octanol–water partition coefficient (Wildman–Crippen LogP) is 3.65. The number of benzene rings is 2. The fourth-order valence-corrected chi connectivity index (χ4v) is 2.54. The second-order valence-electron chi connectivity index (χ2n) is 4.58. The van der Waals surface area contributed by atoms with Crippen LogP contribution in [0.1, 0.15) is 5.56 Å². The van der Waals surface area contributed by atoms with Crippen LogP contribution in [0, 0.1) is 12.7 Å². The molecule has 0 unspecified atom stereocenters. The van der Waals surface area contributed by atoms with E-state index in [1.807, 2.05) is 19.1 Å². The molecule has 0 radical (unpaired) electrons.